The van der Waals surface area contributed by atoms with Crippen LogP contribution in [0.4, 0.5) is 0 Å². The number of ether oxygens (including phenoxy) is 1. The van der Waals surface area contributed by atoms with Crippen LogP contribution in [0.2, 0.25) is 0 Å². The molecule has 1 rings (SSSR count). The number of rotatable bonds is 3. The van der Waals surface area contributed by atoms with Crippen LogP contribution in [0.25, 0.3) is 0 Å². The predicted octanol–water partition coefficient (Wildman–Crippen LogP) is 1.71. The molecular weight excluding hydrogens is 204 g/mol. The first-order chi connectivity index (χ1) is 6.65. The maximum absolute atomic E-state index is 11.1. The lowest BCUT2D eigenvalue weighted by Gasteiger charge is -2.06. The third-order valence-corrected chi connectivity index (χ3v) is 1.93. The van der Waals surface area contributed by atoms with Gasteiger partial charge in [-0.3, -0.25) is 0 Å². The van der Waals surface area contributed by atoms with Gasteiger partial charge in [0.2, 0.25) is 0 Å². The second-order valence-electron chi connectivity index (χ2n) is 2.72. The van der Waals surface area contributed by atoms with Crippen molar-refractivity contribution in [1.82, 2.24) is 0 Å². The van der Waals surface area contributed by atoms with Crippen LogP contribution >= 0.6 is 11.6 Å². The molecule has 1 atom stereocenters. The van der Waals surface area contributed by atoms with E-state index in [1.807, 2.05) is 6.07 Å². The van der Waals surface area contributed by atoms with E-state index in [2.05, 4.69) is 0 Å². The fourth-order valence-electron chi connectivity index (χ4n) is 0.891. The van der Waals surface area contributed by atoms with Crippen LogP contribution in [0.1, 0.15) is 5.56 Å². The number of esters is 1. The van der Waals surface area contributed by atoms with E-state index in [1.165, 1.54) is 0 Å². The molecule has 0 aliphatic rings. The Hall–Kier alpha value is -1.35. The van der Waals surface area contributed by atoms with Gasteiger partial charge in [-0.1, -0.05) is 18.2 Å². The fraction of sp³-hybridized carbons (Fsp3) is 0.200. The largest absolute Gasteiger partial charge is 0.425 e. The number of hydrogen-bond donors (Lipinski definition) is 0. The second-order valence-corrected chi connectivity index (χ2v) is 3.19. The molecule has 1 unspecified atom stereocenters. The van der Waals surface area contributed by atoms with Crippen molar-refractivity contribution in [3.05, 3.63) is 29.8 Å². The maximum Gasteiger partial charge on any atom is 0.336 e. The van der Waals surface area contributed by atoms with Crippen LogP contribution in [0.15, 0.2) is 24.3 Å². The molecule has 0 aliphatic carbocycles. The van der Waals surface area contributed by atoms with Gasteiger partial charge >= 0.3 is 5.97 Å². The minimum Gasteiger partial charge on any atom is -0.425 e. The van der Waals surface area contributed by atoms with Crippen molar-refractivity contribution >= 4 is 23.9 Å². The average molecular weight is 213 g/mol. The lowest BCUT2D eigenvalue weighted by atomic mass is 10.2. The van der Waals surface area contributed by atoms with E-state index in [0.29, 0.717) is 12.0 Å². The minimum atomic E-state index is -1.24. The zero-order valence-electron chi connectivity index (χ0n) is 7.57. The normalized spacial score (nSPS) is 11.9. The van der Waals surface area contributed by atoms with Gasteiger partial charge in [-0.25, -0.2) is 4.79 Å². The van der Waals surface area contributed by atoms with Crippen molar-refractivity contribution in [2.24, 2.45) is 0 Å². The van der Waals surface area contributed by atoms with Crippen molar-refractivity contribution in [3.63, 3.8) is 0 Å². The first-order valence-electron chi connectivity index (χ1n) is 4.02. The molecule has 0 spiro atoms. The Morgan fingerprint density at radius 3 is 2.71 bits per heavy atom. The standard InChI is InChI=1S/C10H9ClO3/c1-7-4-2-3-5-9(7)14-10(13)8(11)6-12/h2-6,8H,1H3. The Kier molecular flexibility index (Phi) is 3.65. The summed E-state index contributed by atoms with van der Waals surface area (Å²) < 4.78 is 4.90. The van der Waals surface area contributed by atoms with E-state index in [4.69, 9.17) is 16.3 Å². The zero-order valence-corrected chi connectivity index (χ0v) is 8.32. The highest BCUT2D eigenvalue weighted by Crippen LogP contribution is 2.17. The number of hydrogen-bond acceptors (Lipinski definition) is 3. The molecule has 0 N–H and O–H groups in total. The molecule has 0 heterocycles. The molecule has 0 radical (unpaired) electrons. The summed E-state index contributed by atoms with van der Waals surface area (Å²) in [5.41, 5.74) is 0.815. The Morgan fingerprint density at radius 1 is 1.50 bits per heavy atom. The van der Waals surface area contributed by atoms with Gasteiger partial charge in [0.05, 0.1) is 0 Å². The summed E-state index contributed by atoms with van der Waals surface area (Å²) in [5.74, 6) is -0.332. The summed E-state index contributed by atoms with van der Waals surface area (Å²) in [7, 11) is 0. The second kappa shape index (κ2) is 4.77. The average Bonchev–Trinajstić information content (AvgIpc) is 2.20. The van der Waals surface area contributed by atoms with E-state index in [1.54, 1.807) is 25.1 Å². The van der Waals surface area contributed by atoms with E-state index in [0.717, 1.165) is 5.56 Å². The number of halogens is 1. The van der Waals surface area contributed by atoms with Crippen LogP contribution in [0.5, 0.6) is 5.75 Å². The summed E-state index contributed by atoms with van der Waals surface area (Å²) in [6, 6.07) is 7.00. The molecule has 0 bridgehead atoms. The number of alkyl halides is 1. The van der Waals surface area contributed by atoms with Gasteiger partial charge in [0.1, 0.15) is 12.0 Å². The molecule has 0 saturated carbocycles. The lowest BCUT2D eigenvalue weighted by Crippen LogP contribution is -2.22. The maximum atomic E-state index is 11.1. The summed E-state index contributed by atoms with van der Waals surface area (Å²) in [4.78, 5) is 21.3. The summed E-state index contributed by atoms with van der Waals surface area (Å²) in [6.45, 7) is 1.80. The smallest absolute Gasteiger partial charge is 0.336 e. The monoisotopic (exact) mass is 212 g/mol. The molecule has 3 nitrogen and oxygen atoms in total. The Balaban J connectivity index is 2.74. The third-order valence-electron chi connectivity index (χ3n) is 1.65. The van der Waals surface area contributed by atoms with E-state index >= 15 is 0 Å². The number of carbonyl (C=O) groups is 2. The fourth-order valence-corrected chi connectivity index (χ4v) is 0.936. The molecule has 14 heavy (non-hydrogen) atoms. The summed E-state index contributed by atoms with van der Waals surface area (Å²) >= 11 is 5.38. The van der Waals surface area contributed by atoms with Crippen molar-refractivity contribution in [3.8, 4) is 5.75 Å². The van der Waals surface area contributed by atoms with Gasteiger partial charge in [0, 0.05) is 0 Å². The Labute approximate surface area is 86.6 Å². The zero-order chi connectivity index (χ0) is 10.6. The third kappa shape index (κ3) is 2.57. The van der Waals surface area contributed by atoms with Gasteiger partial charge in [-0.05, 0) is 18.6 Å². The molecule has 4 heteroatoms. The van der Waals surface area contributed by atoms with Gasteiger partial charge in [-0.15, -0.1) is 11.6 Å². The topological polar surface area (TPSA) is 43.4 Å². The van der Waals surface area contributed by atoms with Crippen molar-refractivity contribution in [2.75, 3.05) is 0 Å². The molecule has 0 saturated heterocycles. The highest BCUT2D eigenvalue weighted by molar-refractivity contribution is 6.37. The number of carbonyl (C=O) groups excluding carboxylic acids is 2. The van der Waals surface area contributed by atoms with Crippen LogP contribution in [-0.2, 0) is 9.59 Å². The van der Waals surface area contributed by atoms with Crippen molar-refractivity contribution in [2.45, 2.75) is 12.3 Å². The van der Waals surface area contributed by atoms with Crippen LogP contribution in [-0.4, -0.2) is 17.6 Å². The van der Waals surface area contributed by atoms with Gasteiger partial charge < -0.3 is 9.53 Å². The highest BCUT2D eigenvalue weighted by Gasteiger charge is 2.16. The molecule has 0 amide bonds. The van der Waals surface area contributed by atoms with Crippen molar-refractivity contribution in [1.29, 1.82) is 0 Å². The van der Waals surface area contributed by atoms with Gasteiger partial charge in [0.15, 0.2) is 5.38 Å². The Bertz CT molecular complexity index is 349. The van der Waals surface area contributed by atoms with Crippen LogP contribution in [0.3, 0.4) is 0 Å². The molecule has 1 aromatic carbocycles. The highest BCUT2D eigenvalue weighted by atomic mass is 35.5. The molecule has 74 valence electrons. The molecule has 0 aliphatic heterocycles. The lowest BCUT2D eigenvalue weighted by molar-refractivity contribution is -0.135. The number of para-hydroxylation sites is 1. The Morgan fingerprint density at radius 2 is 2.14 bits per heavy atom. The summed E-state index contributed by atoms with van der Waals surface area (Å²) in [6.07, 6.45) is 0.335. The van der Waals surface area contributed by atoms with Crippen LogP contribution < -0.4 is 4.74 Å². The van der Waals surface area contributed by atoms with E-state index in [-0.39, 0.29) is 0 Å². The van der Waals surface area contributed by atoms with E-state index in [9.17, 15) is 9.59 Å². The molecular formula is C10H9ClO3. The number of benzene rings is 1. The molecule has 0 fully saturated rings. The first-order valence-corrected chi connectivity index (χ1v) is 4.45. The number of aldehydes is 1. The van der Waals surface area contributed by atoms with Gasteiger partial charge in [0.25, 0.3) is 0 Å². The number of aryl methyl sites for hydroxylation is 1. The minimum absolute atomic E-state index is 0.335. The predicted molar refractivity (Wildman–Crippen MR) is 52.5 cm³/mol. The quantitative estimate of drug-likeness (QED) is 0.252. The van der Waals surface area contributed by atoms with Crippen LogP contribution in [0, 0.1) is 6.92 Å². The first kappa shape index (κ1) is 10.7. The molecule has 0 aromatic heterocycles. The van der Waals surface area contributed by atoms with Crippen molar-refractivity contribution < 1.29 is 14.3 Å². The van der Waals surface area contributed by atoms with E-state index < -0.39 is 11.3 Å². The summed E-state index contributed by atoms with van der Waals surface area (Å²) in [5, 5.41) is -1.24. The SMILES string of the molecule is Cc1ccccc1OC(=O)C(Cl)C=O. The molecule has 1 aromatic rings. The van der Waals surface area contributed by atoms with Gasteiger partial charge in [-0.2, -0.15) is 0 Å².